The highest BCUT2D eigenvalue weighted by Crippen LogP contribution is 2.38. The lowest BCUT2D eigenvalue weighted by molar-refractivity contribution is 0.172. The van der Waals surface area contributed by atoms with E-state index < -0.39 is 0 Å². The Kier molecular flexibility index (Phi) is 2.58. The van der Waals surface area contributed by atoms with Gasteiger partial charge in [-0.1, -0.05) is 0 Å². The number of benzene rings is 1. The van der Waals surface area contributed by atoms with Gasteiger partial charge in [-0.05, 0) is 6.92 Å². The first-order chi connectivity index (χ1) is 7.22. The van der Waals surface area contributed by atoms with Crippen molar-refractivity contribution in [1.82, 2.24) is 0 Å². The van der Waals surface area contributed by atoms with Crippen LogP contribution in [0.2, 0.25) is 0 Å². The van der Waals surface area contributed by atoms with E-state index in [0.717, 1.165) is 29.4 Å². The summed E-state index contributed by atoms with van der Waals surface area (Å²) in [6.07, 6.45) is 0. The smallest absolute Gasteiger partial charge is 0.163 e. The Labute approximate surface area is 89.6 Å². The molecule has 2 rings (SSSR count). The summed E-state index contributed by atoms with van der Waals surface area (Å²) in [6.45, 7) is 4.18. The summed E-state index contributed by atoms with van der Waals surface area (Å²) in [5.41, 5.74) is 7.66. The zero-order valence-corrected chi connectivity index (χ0v) is 9.12. The maximum absolute atomic E-state index is 5.94. The fourth-order valence-electron chi connectivity index (χ4n) is 1.59. The van der Waals surface area contributed by atoms with Gasteiger partial charge in [0.05, 0.1) is 11.4 Å². The summed E-state index contributed by atoms with van der Waals surface area (Å²) in [6, 6.07) is 3.77. The zero-order valence-electron chi connectivity index (χ0n) is 9.12. The first-order valence-electron chi connectivity index (χ1n) is 5.12. The third-order valence-electron chi connectivity index (χ3n) is 2.58. The van der Waals surface area contributed by atoms with Gasteiger partial charge in [-0.2, -0.15) is 0 Å². The molecule has 0 spiro atoms. The lowest BCUT2D eigenvalue weighted by Crippen LogP contribution is -2.20. The average molecular weight is 208 g/mol. The van der Waals surface area contributed by atoms with Crippen molar-refractivity contribution in [1.29, 1.82) is 0 Å². The predicted molar refractivity (Wildman–Crippen MR) is 60.8 cm³/mol. The summed E-state index contributed by atoms with van der Waals surface area (Å²) in [7, 11) is 2.00. The molecule has 0 radical (unpaired) electrons. The number of hydrogen-bond donors (Lipinski definition) is 1. The van der Waals surface area contributed by atoms with Crippen molar-refractivity contribution in [2.75, 3.05) is 37.4 Å². The molecule has 1 aliphatic heterocycles. The van der Waals surface area contributed by atoms with Crippen molar-refractivity contribution in [3.8, 4) is 11.5 Å². The van der Waals surface area contributed by atoms with Crippen LogP contribution in [0.25, 0.3) is 0 Å². The summed E-state index contributed by atoms with van der Waals surface area (Å²) in [5.74, 6) is 1.53. The molecule has 1 aromatic carbocycles. The molecular weight excluding hydrogens is 192 g/mol. The van der Waals surface area contributed by atoms with Gasteiger partial charge in [0.2, 0.25) is 0 Å². The zero-order chi connectivity index (χ0) is 10.8. The maximum Gasteiger partial charge on any atom is 0.163 e. The third kappa shape index (κ3) is 1.79. The maximum atomic E-state index is 5.94. The van der Waals surface area contributed by atoms with Crippen LogP contribution in [-0.4, -0.2) is 26.8 Å². The molecule has 15 heavy (non-hydrogen) atoms. The second-order valence-corrected chi connectivity index (χ2v) is 3.57. The third-order valence-corrected chi connectivity index (χ3v) is 2.58. The summed E-state index contributed by atoms with van der Waals surface area (Å²) < 4.78 is 11.0. The Hall–Kier alpha value is -1.58. The van der Waals surface area contributed by atoms with Crippen molar-refractivity contribution in [2.45, 2.75) is 6.92 Å². The molecule has 1 aromatic rings. The number of anilines is 2. The van der Waals surface area contributed by atoms with E-state index in [9.17, 15) is 0 Å². The summed E-state index contributed by atoms with van der Waals surface area (Å²) in [5, 5.41) is 0. The van der Waals surface area contributed by atoms with Gasteiger partial charge in [0.25, 0.3) is 0 Å². The van der Waals surface area contributed by atoms with E-state index in [4.69, 9.17) is 15.2 Å². The highest BCUT2D eigenvalue weighted by atomic mass is 16.6. The van der Waals surface area contributed by atoms with Crippen LogP contribution < -0.4 is 20.1 Å². The van der Waals surface area contributed by atoms with Crippen LogP contribution in [0, 0.1) is 0 Å². The van der Waals surface area contributed by atoms with Gasteiger partial charge >= 0.3 is 0 Å². The Balaban J connectivity index is 2.40. The van der Waals surface area contributed by atoms with Gasteiger partial charge < -0.3 is 20.1 Å². The van der Waals surface area contributed by atoms with Crippen molar-refractivity contribution >= 4 is 11.4 Å². The lowest BCUT2D eigenvalue weighted by atomic mass is 10.2. The van der Waals surface area contributed by atoms with Crippen LogP contribution in [0.5, 0.6) is 11.5 Å². The fourth-order valence-corrected chi connectivity index (χ4v) is 1.59. The van der Waals surface area contributed by atoms with Gasteiger partial charge in [0, 0.05) is 25.7 Å². The van der Waals surface area contributed by atoms with E-state index >= 15 is 0 Å². The van der Waals surface area contributed by atoms with E-state index in [0.29, 0.717) is 13.2 Å². The van der Waals surface area contributed by atoms with Crippen molar-refractivity contribution in [3.05, 3.63) is 12.1 Å². The van der Waals surface area contributed by atoms with Crippen LogP contribution in [0.15, 0.2) is 12.1 Å². The van der Waals surface area contributed by atoms with E-state index in [1.165, 1.54) is 0 Å². The Bertz CT molecular complexity index is 366. The normalized spacial score (nSPS) is 13.7. The standard InChI is InChI=1S/C11H16N2O2/c1-3-13(2)9-7-11-10(6-8(9)12)14-4-5-15-11/h6-7H,3-5,12H2,1-2H3. The number of hydrogen-bond acceptors (Lipinski definition) is 4. The van der Waals surface area contributed by atoms with Crippen LogP contribution >= 0.6 is 0 Å². The second-order valence-electron chi connectivity index (χ2n) is 3.57. The molecule has 82 valence electrons. The molecule has 0 fully saturated rings. The monoisotopic (exact) mass is 208 g/mol. The van der Waals surface area contributed by atoms with E-state index in [-0.39, 0.29) is 0 Å². The number of nitrogens with zero attached hydrogens (tertiary/aromatic N) is 1. The summed E-state index contributed by atoms with van der Waals surface area (Å²) in [4.78, 5) is 2.08. The predicted octanol–water partition coefficient (Wildman–Crippen LogP) is 1.50. The topological polar surface area (TPSA) is 47.7 Å². The summed E-state index contributed by atoms with van der Waals surface area (Å²) >= 11 is 0. The molecule has 0 aromatic heterocycles. The molecular formula is C11H16N2O2. The van der Waals surface area contributed by atoms with Crippen molar-refractivity contribution in [3.63, 3.8) is 0 Å². The van der Waals surface area contributed by atoms with Crippen LogP contribution in [0.3, 0.4) is 0 Å². The number of rotatable bonds is 2. The molecule has 0 saturated heterocycles. The van der Waals surface area contributed by atoms with E-state index in [1.54, 1.807) is 0 Å². The molecule has 0 saturated carbocycles. The SMILES string of the molecule is CCN(C)c1cc2c(cc1N)OCCO2. The largest absolute Gasteiger partial charge is 0.486 e. The minimum atomic E-state index is 0.593. The first kappa shape index (κ1) is 9.96. The minimum absolute atomic E-state index is 0.593. The Morgan fingerprint density at radius 3 is 2.47 bits per heavy atom. The molecule has 0 aliphatic carbocycles. The van der Waals surface area contributed by atoms with Gasteiger partial charge in [-0.15, -0.1) is 0 Å². The molecule has 1 heterocycles. The van der Waals surface area contributed by atoms with E-state index in [1.807, 2.05) is 19.2 Å². The molecule has 0 bridgehead atoms. The molecule has 4 nitrogen and oxygen atoms in total. The van der Waals surface area contributed by atoms with Gasteiger partial charge in [0.15, 0.2) is 11.5 Å². The Morgan fingerprint density at radius 2 is 1.87 bits per heavy atom. The molecule has 1 aliphatic rings. The van der Waals surface area contributed by atoms with Gasteiger partial charge in [-0.3, -0.25) is 0 Å². The number of fused-ring (bicyclic) bond motifs is 1. The number of nitrogen functional groups attached to an aromatic ring is 1. The fraction of sp³-hybridized carbons (Fsp3) is 0.455. The van der Waals surface area contributed by atoms with E-state index in [2.05, 4.69) is 11.8 Å². The number of nitrogens with two attached hydrogens (primary N) is 1. The van der Waals surface area contributed by atoms with Gasteiger partial charge in [0.1, 0.15) is 13.2 Å². The van der Waals surface area contributed by atoms with Crippen LogP contribution in [0.1, 0.15) is 6.92 Å². The number of ether oxygens (including phenoxy) is 2. The highest BCUT2D eigenvalue weighted by Gasteiger charge is 2.15. The molecule has 2 N–H and O–H groups in total. The van der Waals surface area contributed by atoms with Gasteiger partial charge in [-0.25, -0.2) is 0 Å². The highest BCUT2D eigenvalue weighted by molar-refractivity contribution is 5.73. The average Bonchev–Trinajstić information content (AvgIpc) is 2.27. The minimum Gasteiger partial charge on any atom is -0.486 e. The second kappa shape index (κ2) is 3.88. The van der Waals surface area contributed by atoms with Crippen LogP contribution in [-0.2, 0) is 0 Å². The quantitative estimate of drug-likeness (QED) is 0.748. The molecule has 0 unspecified atom stereocenters. The molecule has 4 heteroatoms. The first-order valence-corrected chi connectivity index (χ1v) is 5.12. The molecule has 0 atom stereocenters. The van der Waals surface area contributed by atoms with Crippen LogP contribution in [0.4, 0.5) is 11.4 Å². The van der Waals surface area contributed by atoms with Crippen molar-refractivity contribution < 1.29 is 9.47 Å². The van der Waals surface area contributed by atoms with Crippen molar-refractivity contribution in [2.24, 2.45) is 0 Å². The Morgan fingerprint density at radius 1 is 1.27 bits per heavy atom. The lowest BCUT2D eigenvalue weighted by Gasteiger charge is -2.24. The molecule has 0 amide bonds.